The van der Waals surface area contributed by atoms with Gasteiger partial charge in [-0.05, 0) is 48.0 Å². The molecular formula is C24H20N2O4. The quantitative estimate of drug-likeness (QED) is 0.452. The van der Waals surface area contributed by atoms with Gasteiger partial charge in [0.25, 0.3) is 0 Å². The predicted octanol–water partition coefficient (Wildman–Crippen LogP) is 5.16. The molecule has 6 heteroatoms. The van der Waals surface area contributed by atoms with E-state index >= 15 is 0 Å². The van der Waals surface area contributed by atoms with Crippen molar-refractivity contribution in [2.45, 2.75) is 0 Å². The number of carbonyl (C=O) groups is 1. The summed E-state index contributed by atoms with van der Waals surface area (Å²) < 4.78 is 16.5. The van der Waals surface area contributed by atoms with Gasteiger partial charge in [-0.2, -0.15) is 0 Å². The van der Waals surface area contributed by atoms with Crippen LogP contribution in [0.15, 0.2) is 77.2 Å². The van der Waals surface area contributed by atoms with E-state index in [0.717, 1.165) is 16.9 Å². The minimum atomic E-state index is -0.248. The van der Waals surface area contributed by atoms with Crippen LogP contribution in [0.4, 0.5) is 5.69 Å². The van der Waals surface area contributed by atoms with E-state index in [2.05, 4.69) is 10.3 Å². The van der Waals surface area contributed by atoms with Gasteiger partial charge in [-0.1, -0.05) is 24.3 Å². The van der Waals surface area contributed by atoms with Crippen LogP contribution in [0.25, 0.3) is 28.6 Å². The monoisotopic (exact) mass is 400 g/mol. The first-order chi connectivity index (χ1) is 14.7. The summed E-state index contributed by atoms with van der Waals surface area (Å²) in [5.74, 6) is 1.63. The van der Waals surface area contributed by atoms with Gasteiger partial charge in [0, 0.05) is 17.8 Å². The molecule has 0 radical (unpaired) electrons. The number of anilines is 1. The number of rotatable bonds is 6. The van der Waals surface area contributed by atoms with E-state index in [1.165, 1.54) is 6.08 Å². The highest BCUT2D eigenvalue weighted by Gasteiger charge is 2.13. The second-order valence-electron chi connectivity index (χ2n) is 6.50. The Hall–Kier alpha value is -4.06. The summed E-state index contributed by atoms with van der Waals surface area (Å²) in [4.78, 5) is 16.8. The fraction of sp³-hybridized carbons (Fsp3) is 0.0833. The number of hydrogen-bond acceptors (Lipinski definition) is 5. The molecule has 0 aliphatic rings. The van der Waals surface area contributed by atoms with Crippen molar-refractivity contribution >= 4 is 28.8 Å². The van der Waals surface area contributed by atoms with E-state index in [0.29, 0.717) is 28.4 Å². The van der Waals surface area contributed by atoms with Crippen LogP contribution in [0.2, 0.25) is 0 Å². The molecule has 4 aromatic rings. The highest BCUT2D eigenvalue weighted by molar-refractivity contribution is 6.02. The van der Waals surface area contributed by atoms with E-state index in [1.54, 1.807) is 38.5 Å². The zero-order chi connectivity index (χ0) is 20.9. The molecule has 0 unspecified atom stereocenters. The molecule has 0 spiro atoms. The summed E-state index contributed by atoms with van der Waals surface area (Å²) in [6, 6.07) is 20.3. The van der Waals surface area contributed by atoms with Crippen LogP contribution in [0.1, 0.15) is 5.56 Å². The maximum Gasteiger partial charge on any atom is 0.248 e. The highest BCUT2D eigenvalue weighted by atomic mass is 16.5. The molecule has 1 N–H and O–H groups in total. The lowest BCUT2D eigenvalue weighted by atomic mass is 10.2. The highest BCUT2D eigenvalue weighted by Crippen LogP contribution is 2.32. The SMILES string of the molecule is COc1cccc(/C=C/C(=O)Nc2ccc3nc(-c4ccccc4OC)oc3c2)c1. The predicted molar refractivity (Wildman–Crippen MR) is 117 cm³/mol. The lowest BCUT2D eigenvalue weighted by Gasteiger charge is -2.03. The fourth-order valence-electron chi connectivity index (χ4n) is 3.04. The Bertz CT molecular complexity index is 1230. The topological polar surface area (TPSA) is 73.6 Å². The Morgan fingerprint density at radius 3 is 2.70 bits per heavy atom. The summed E-state index contributed by atoms with van der Waals surface area (Å²) >= 11 is 0. The lowest BCUT2D eigenvalue weighted by molar-refractivity contribution is -0.111. The fourth-order valence-corrected chi connectivity index (χ4v) is 3.04. The average molecular weight is 400 g/mol. The first-order valence-electron chi connectivity index (χ1n) is 9.33. The first-order valence-corrected chi connectivity index (χ1v) is 9.33. The molecule has 0 aliphatic carbocycles. The summed E-state index contributed by atoms with van der Waals surface area (Å²) in [6.07, 6.45) is 3.20. The minimum absolute atomic E-state index is 0.248. The Balaban J connectivity index is 1.52. The van der Waals surface area contributed by atoms with Crippen LogP contribution in [0, 0.1) is 0 Å². The number of amides is 1. The second-order valence-corrected chi connectivity index (χ2v) is 6.50. The van der Waals surface area contributed by atoms with Gasteiger partial charge >= 0.3 is 0 Å². The van der Waals surface area contributed by atoms with Crippen LogP contribution in [-0.2, 0) is 4.79 Å². The normalized spacial score (nSPS) is 11.0. The van der Waals surface area contributed by atoms with Crippen molar-refractivity contribution in [1.82, 2.24) is 4.98 Å². The average Bonchev–Trinajstić information content (AvgIpc) is 3.21. The minimum Gasteiger partial charge on any atom is -0.497 e. The molecule has 0 aliphatic heterocycles. The number of fused-ring (bicyclic) bond motifs is 1. The molecular weight excluding hydrogens is 380 g/mol. The second kappa shape index (κ2) is 8.53. The van der Waals surface area contributed by atoms with Crippen LogP contribution in [0.3, 0.4) is 0 Å². The molecule has 0 fully saturated rings. The van der Waals surface area contributed by atoms with Crippen molar-refractivity contribution in [2.75, 3.05) is 19.5 Å². The number of para-hydroxylation sites is 1. The van der Waals surface area contributed by atoms with Gasteiger partial charge < -0.3 is 19.2 Å². The third-order valence-corrected chi connectivity index (χ3v) is 4.51. The van der Waals surface area contributed by atoms with E-state index in [-0.39, 0.29) is 5.91 Å². The van der Waals surface area contributed by atoms with Gasteiger partial charge in [0.2, 0.25) is 11.8 Å². The number of nitrogens with one attached hydrogen (secondary N) is 1. The number of hydrogen-bond donors (Lipinski definition) is 1. The van der Waals surface area contributed by atoms with Gasteiger partial charge in [0.05, 0.1) is 19.8 Å². The van der Waals surface area contributed by atoms with E-state index in [4.69, 9.17) is 13.9 Å². The van der Waals surface area contributed by atoms with Crippen LogP contribution in [-0.4, -0.2) is 25.1 Å². The van der Waals surface area contributed by atoms with Gasteiger partial charge in [0.1, 0.15) is 17.0 Å². The number of methoxy groups -OCH3 is 2. The van der Waals surface area contributed by atoms with Crippen molar-refractivity contribution in [3.05, 3.63) is 78.4 Å². The van der Waals surface area contributed by atoms with E-state index < -0.39 is 0 Å². The van der Waals surface area contributed by atoms with Crippen molar-refractivity contribution in [2.24, 2.45) is 0 Å². The zero-order valence-electron chi connectivity index (χ0n) is 16.6. The van der Waals surface area contributed by atoms with Crippen molar-refractivity contribution in [1.29, 1.82) is 0 Å². The third-order valence-electron chi connectivity index (χ3n) is 4.51. The molecule has 0 saturated heterocycles. The molecule has 0 saturated carbocycles. The Morgan fingerprint density at radius 2 is 1.87 bits per heavy atom. The maximum absolute atomic E-state index is 12.3. The molecule has 1 heterocycles. The summed E-state index contributed by atoms with van der Waals surface area (Å²) in [5.41, 5.74) is 3.52. The lowest BCUT2D eigenvalue weighted by Crippen LogP contribution is -2.07. The van der Waals surface area contributed by atoms with Crippen molar-refractivity contribution in [3.63, 3.8) is 0 Å². The molecule has 1 aromatic heterocycles. The largest absolute Gasteiger partial charge is 0.497 e. The number of nitrogens with zero attached hydrogens (tertiary/aromatic N) is 1. The Kier molecular flexibility index (Phi) is 5.48. The molecule has 6 nitrogen and oxygen atoms in total. The number of oxazole rings is 1. The molecule has 4 rings (SSSR count). The van der Waals surface area contributed by atoms with Gasteiger partial charge in [0.15, 0.2) is 5.58 Å². The number of aromatic nitrogens is 1. The van der Waals surface area contributed by atoms with Gasteiger partial charge in [-0.15, -0.1) is 0 Å². The first kappa shape index (κ1) is 19.3. The zero-order valence-corrected chi connectivity index (χ0v) is 16.6. The molecule has 0 bridgehead atoms. The molecule has 0 atom stereocenters. The molecule has 3 aromatic carbocycles. The maximum atomic E-state index is 12.3. The Morgan fingerprint density at radius 1 is 1.00 bits per heavy atom. The van der Waals surface area contributed by atoms with Crippen LogP contribution < -0.4 is 14.8 Å². The standard InChI is InChI=1S/C24H20N2O4/c1-28-18-7-5-6-16(14-18)10-13-23(27)25-17-11-12-20-22(15-17)30-24(26-20)19-8-3-4-9-21(19)29-2/h3-15H,1-2H3,(H,25,27)/b13-10+. The smallest absolute Gasteiger partial charge is 0.248 e. The van der Waals surface area contributed by atoms with Gasteiger partial charge in [-0.3, -0.25) is 4.79 Å². The number of carbonyl (C=O) groups excluding carboxylic acids is 1. The Labute approximate surface area is 173 Å². The summed E-state index contributed by atoms with van der Waals surface area (Å²) in [6.45, 7) is 0. The molecule has 30 heavy (non-hydrogen) atoms. The van der Waals surface area contributed by atoms with Crippen LogP contribution >= 0.6 is 0 Å². The van der Waals surface area contributed by atoms with Crippen LogP contribution in [0.5, 0.6) is 11.5 Å². The molecule has 1 amide bonds. The summed E-state index contributed by atoms with van der Waals surface area (Å²) in [5, 5.41) is 2.84. The summed E-state index contributed by atoms with van der Waals surface area (Å²) in [7, 11) is 3.21. The molecule has 150 valence electrons. The van der Waals surface area contributed by atoms with E-state index in [9.17, 15) is 4.79 Å². The van der Waals surface area contributed by atoms with Crippen molar-refractivity contribution < 1.29 is 18.7 Å². The van der Waals surface area contributed by atoms with Gasteiger partial charge in [-0.25, -0.2) is 4.98 Å². The van der Waals surface area contributed by atoms with E-state index in [1.807, 2.05) is 48.5 Å². The van der Waals surface area contributed by atoms with Crippen molar-refractivity contribution in [3.8, 4) is 23.0 Å². The number of ether oxygens (including phenoxy) is 2. The number of benzene rings is 3. The third kappa shape index (κ3) is 4.17.